The first-order chi connectivity index (χ1) is 14.7. The second-order valence-electron chi connectivity index (χ2n) is 9.22. The van der Waals surface area contributed by atoms with Crippen LogP contribution in [-0.2, 0) is 18.9 Å². The molecular formula is C25H43NO4. The van der Waals surface area contributed by atoms with E-state index < -0.39 is 0 Å². The van der Waals surface area contributed by atoms with Crippen LogP contribution in [0.3, 0.4) is 0 Å². The van der Waals surface area contributed by atoms with Crippen molar-refractivity contribution >= 4 is 0 Å². The Morgan fingerprint density at radius 2 is 0.967 bits per heavy atom. The summed E-state index contributed by atoms with van der Waals surface area (Å²) in [5.41, 5.74) is 0. The Balaban J connectivity index is 1.54. The van der Waals surface area contributed by atoms with E-state index in [9.17, 15) is 0 Å². The molecule has 2 aliphatic carbocycles. The third-order valence-corrected chi connectivity index (χ3v) is 7.42. The molecule has 3 aliphatic rings. The lowest BCUT2D eigenvalue weighted by Gasteiger charge is -2.36. The predicted molar refractivity (Wildman–Crippen MR) is 121 cm³/mol. The minimum Gasteiger partial charge on any atom is -0.379 e. The maximum atomic E-state index is 5.78. The predicted octanol–water partition coefficient (Wildman–Crippen LogP) is 4.27. The molecule has 1 heterocycles. The number of hydrogen-bond acceptors (Lipinski definition) is 5. The molecule has 2 saturated carbocycles. The van der Waals surface area contributed by atoms with E-state index in [4.69, 9.17) is 18.9 Å². The molecule has 30 heavy (non-hydrogen) atoms. The molecule has 8 unspecified atom stereocenters. The Morgan fingerprint density at radius 3 is 1.37 bits per heavy atom. The van der Waals surface area contributed by atoms with Crippen molar-refractivity contribution in [3.63, 3.8) is 0 Å². The lowest BCUT2D eigenvalue weighted by Crippen LogP contribution is -2.42. The van der Waals surface area contributed by atoms with Crippen molar-refractivity contribution in [2.45, 2.75) is 94.3 Å². The van der Waals surface area contributed by atoms with Gasteiger partial charge in [0.25, 0.3) is 0 Å². The zero-order valence-electron chi connectivity index (χ0n) is 19.4. The third kappa shape index (κ3) is 6.17. The van der Waals surface area contributed by atoms with E-state index in [2.05, 4.69) is 29.6 Å². The molecule has 0 aromatic carbocycles. The first kappa shape index (κ1) is 23.9. The lowest BCUT2D eigenvalue weighted by atomic mass is 9.83. The molecular weight excluding hydrogens is 378 g/mol. The van der Waals surface area contributed by atoms with Gasteiger partial charge in [0.15, 0.2) is 0 Å². The summed E-state index contributed by atoms with van der Waals surface area (Å²) in [7, 11) is 7.24. The molecule has 1 saturated heterocycles. The van der Waals surface area contributed by atoms with Crippen molar-refractivity contribution in [1.29, 1.82) is 0 Å². The third-order valence-electron chi connectivity index (χ3n) is 7.42. The Labute approximate surface area is 183 Å². The topological polar surface area (TPSA) is 49.0 Å². The van der Waals surface area contributed by atoms with Crippen molar-refractivity contribution in [2.24, 2.45) is 11.8 Å². The van der Waals surface area contributed by atoms with Crippen molar-refractivity contribution in [1.82, 2.24) is 5.32 Å². The highest BCUT2D eigenvalue weighted by molar-refractivity contribution is 5.08. The van der Waals surface area contributed by atoms with Gasteiger partial charge in [-0.15, -0.1) is 0 Å². The van der Waals surface area contributed by atoms with Gasteiger partial charge in [0, 0.05) is 52.4 Å². The van der Waals surface area contributed by atoms with Gasteiger partial charge in [0.2, 0.25) is 0 Å². The minimum atomic E-state index is 0.172. The minimum absolute atomic E-state index is 0.172. The average molecular weight is 422 g/mol. The van der Waals surface area contributed by atoms with Crippen molar-refractivity contribution < 1.29 is 18.9 Å². The van der Waals surface area contributed by atoms with Crippen LogP contribution < -0.4 is 5.32 Å². The summed E-state index contributed by atoms with van der Waals surface area (Å²) in [6, 6.07) is 0.871. The van der Waals surface area contributed by atoms with Gasteiger partial charge in [-0.05, 0) is 44.9 Å². The van der Waals surface area contributed by atoms with Crippen molar-refractivity contribution in [2.75, 3.05) is 28.4 Å². The van der Waals surface area contributed by atoms with E-state index in [-0.39, 0.29) is 24.4 Å². The molecule has 1 N–H and O–H groups in total. The van der Waals surface area contributed by atoms with Gasteiger partial charge in [0.1, 0.15) is 0 Å². The highest BCUT2D eigenvalue weighted by Gasteiger charge is 2.33. The Bertz CT molecular complexity index is 505. The van der Waals surface area contributed by atoms with E-state index in [1.54, 1.807) is 14.2 Å². The first-order valence-corrected chi connectivity index (χ1v) is 11.9. The molecule has 3 fully saturated rings. The molecule has 172 valence electrons. The molecule has 0 radical (unpaired) electrons. The Morgan fingerprint density at radius 1 is 0.533 bits per heavy atom. The van der Waals surface area contributed by atoms with Gasteiger partial charge in [-0.2, -0.15) is 0 Å². The molecule has 3 rings (SSSR count). The van der Waals surface area contributed by atoms with Crippen LogP contribution in [0.25, 0.3) is 0 Å². The molecule has 0 spiro atoms. The number of nitrogens with one attached hydrogen (secondary N) is 1. The first-order valence-electron chi connectivity index (χ1n) is 11.9. The molecule has 0 aromatic heterocycles. The van der Waals surface area contributed by atoms with Crippen molar-refractivity contribution in [3.05, 3.63) is 24.3 Å². The largest absolute Gasteiger partial charge is 0.379 e. The maximum absolute atomic E-state index is 5.78. The lowest BCUT2D eigenvalue weighted by molar-refractivity contribution is -0.0764. The van der Waals surface area contributed by atoms with Crippen LogP contribution >= 0.6 is 0 Å². The van der Waals surface area contributed by atoms with Gasteiger partial charge in [-0.25, -0.2) is 0 Å². The van der Waals surface area contributed by atoms with Crippen LogP contribution in [-0.4, -0.2) is 64.9 Å². The van der Waals surface area contributed by atoms with Gasteiger partial charge < -0.3 is 24.3 Å². The quantitative estimate of drug-likeness (QED) is 0.593. The zero-order valence-corrected chi connectivity index (χ0v) is 19.4. The summed E-state index contributed by atoms with van der Waals surface area (Å²) in [5, 5.41) is 3.83. The summed E-state index contributed by atoms with van der Waals surface area (Å²) in [5.74, 6) is 0.893. The van der Waals surface area contributed by atoms with Gasteiger partial charge in [-0.3, -0.25) is 0 Å². The maximum Gasteiger partial charge on any atom is 0.0895 e. The van der Waals surface area contributed by atoms with Gasteiger partial charge >= 0.3 is 0 Å². The zero-order chi connectivity index (χ0) is 21.3. The van der Waals surface area contributed by atoms with E-state index in [0.29, 0.717) is 23.9 Å². The van der Waals surface area contributed by atoms with Crippen molar-refractivity contribution in [3.8, 4) is 0 Å². The molecule has 1 aliphatic heterocycles. The fraction of sp³-hybridized carbons (Fsp3) is 0.840. The second-order valence-corrected chi connectivity index (χ2v) is 9.22. The molecule has 8 atom stereocenters. The van der Waals surface area contributed by atoms with Crippen LogP contribution in [0.2, 0.25) is 0 Å². The SMILES string of the molecule is COC1CCCC(/C=C/C2CCCC(/C=C/C3CCCC(OC)C3OC)N2)C1OC. The molecule has 5 heteroatoms. The highest BCUT2D eigenvalue weighted by Crippen LogP contribution is 2.31. The van der Waals surface area contributed by atoms with E-state index >= 15 is 0 Å². The Kier molecular flexibility index (Phi) is 9.85. The second kappa shape index (κ2) is 12.4. The van der Waals surface area contributed by atoms with E-state index in [1.807, 2.05) is 14.2 Å². The number of rotatable bonds is 8. The fourth-order valence-electron chi connectivity index (χ4n) is 5.74. The summed E-state index contributed by atoms with van der Waals surface area (Å²) >= 11 is 0. The van der Waals surface area contributed by atoms with Gasteiger partial charge in [0.05, 0.1) is 24.4 Å². The monoisotopic (exact) mass is 421 g/mol. The van der Waals surface area contributed by atoms with Crippen LogP contribution in [0.4, 0.5) is 0 Å². The normalized spacial score (nSPS) is 40.9. The van der Waals surface area contributed by atoms with Crippen LogP contribution in [0.5, 0.6) is 0 Å². The van der Waals surface area contributed by atoms with E-state index in [0.717, 1.165) is 12.8 Å². The smallest absolute Gasteiger partial charge is 0.0895 e. The van der Waals surface area contributed by atoms with E-state index in [1.165, 1.54) is 44.9 Å². The number of hydrogen-bond donors (Lipinski definition) is 1. The average Bonchev–Trinajstić information content (AvgIpc) is 2.80. The molecule has 5 nitrogen and oxygen atoms in total. The summed E-state index contributed by atoms with van der Waals surface area (Å²) in [6.45, 7) is 0. The summed E-state index contributed by atoms with van der Waals surface area (Å²) in [4.78, 5) is 0. The summed E-state index contributed by atoms with van der Waals surface area (Å²) < 4.78 is 22.9. The number of methoxy groups -OCH3 is 4. The number of piperidine rings is 1. The highest BCUT2D eigenvalue weighted by atomic mass is 16.5. The van der Waals surface area contributed by atoms with Crippen LogP contribution in [0, 0.1) is 11.8 Å². The van der Waals surface area contributed by atoms with Crippen LogP contribution in [0.15, 0.2) is 24.3 Å². The molecule has 0 bridgehead atoms. The van der Waals surface area contributed by atoms with Crippen LogP contribution in [0.1, 0.15) is 57.8 Å². The number of ether oxygens (including phenoxy) is 4. The fourth-order valence-corrected chi connectivity index (χ4v) is 5.74. The molecule has 0 amide bonds. The summed E-state index contributed by atoms with van der Waals surface area (Å²) in [6.07, 6.45) is 21.0. The Hall–Kier alpha value is -0.720. The van der Waals surface area contributed by atoms with Gasteiger partial charge in [-0.1, -0.05) is 37.1 Å². The standard InChI is InChI=1S/C25H43NO4/c1-27-22-12-5-8-18(24(22)29-3)14-16-20-10-7-11-21(26-20)17-15-19-9-6-13-23(28-2)25(19)30-4/h14-26H,5-13H2,1-4H3/b16-14+,17-15+. The molecule has 0 aromatic rings.